The molecule has 0 aliphatic heterocycles. The van der Waals surface area contributed by atoms with Gasteiger partial charge in [0.2, 0.25) is 5.91 Å². The molecule has 1 atom stereocenters. The number of amides is 1. The van der Waals surface area contributed by atoms with Crippen molar-refractivity contribution in [1.29, 1.82) is 0 Å². The molecule has 0 aliphatic rings. The van der Waals surface area contributed by atoms with E-state index < -0.39 is 12.0 Å². The number of carbonyl (C=O) groups is 2. The summed E-state index contributed by atoms with van der Waals surface area (Å²) in [6.07, 6.45) is 0.218. The van der Waals surface area contributed by atoms with Gasteiger partial charge in [-0.2, -0.15) is 0 Å². The largest absolute Gasteiger partial charge is 0.467 e. The molecule has 1 aromatic carbocycles. The number of hydrogen-bond acceptors (Lipinski definition) is 4. The second-order valence-electron chi connectivity index (χ2n) is 4.30. The summed E-state index contributed by atoms with van der Waals surface area (Å²) in [5.74, 6) is -0.810. The van der Waals surface area contributed by atoms with Gasteiger partial charge in [-0.05, 0) is 17.5 Å². The number of benzene rings is 1. The van der Waals surface area contributed by atoms with Gasteiger partial charge < -0.3 is 10.1 Å². The monoisotopic (exact) mass is 323 g/mol. The van der Waals surface area contributed by atoms with Crippen LogP contribution in [0, 0.1) is 0 Å². The molecule has 2 aromatic rings. The zero-order valence-corrected chi connectivity index (χ0v) is 12.9. The molecule has 2 rings (SSSR count). The molecular formula is C15H14ClNO3S. The summed E-state index contributed by atoms with van der Waals surface area (Å²) in [5.41, 5.74) is 0.519. The fraction of sp³-hybridized carbons (Fsp3) is 0.200. The molecule has 0 spiro atoms. The van der Waals surface area contributed by atoms with Crippen LogP contribution in [0.3, 0.4) is 0 Å². The number of methoxy groups -OCH3 is 1. The molecule has 0 fully saturated rings. The van der Waals surface area contributed by atoms with Crippen molar-refractivity contribution < 1.29 is 14.3 Å². The van der Waals surface area contributed by atoms with E-state index in [-0.39, 0.29) is 12.3 Å². The van der Waals surface area contributed by atoms with Crippen LogP contribution in [0.2, 0.25) is 5.02 Å². The summed E-state index contributed by atoms with van der Waals surface area (Å²) < 4.78 is 4.75. The summed E-state index contributed by atoms with van der Waals surface area (Å²) in [5, 5.41) is 4.98. The Hall–Kier alpha value is -1.85. The molecule has 0 unspecified atom stereocenters. The zero-order valence-electron chi connectivity index (χ0n) is 11.3. The molecule has 0 aliphatic carbocycles. The molecule has 1 aromatic heterocycles. The van der Waals surface area contributed by atoms with Gasteiger partial charge in [0.1, 0.15) is 0 Å². The van der Waals surface area contributed by atoms with Crippen LogP contribution in [0.25, 0.3) is 0 Å². The Morgan fingerprint density at radius 3 is 2.67 bits per heavy atom. The number of esters is 1. The molecule has 0 saturated heterocycles. The van der Waals surface area contributed by atoms with Gasteiger partial charge in [-0.15, -0.1) is 11.3 Å². The van der Waals surface area contributed by atoms with E-state index in [9.17, 15) is 9.59 Å². The maximum atomic E-state index is 12.1. The molecule has 0 radical (unpaired) electrons. The standard InChI is InChI=1S/C15H14ClNO3S/c1-20-15(19)14(11-6-2-3-7-12(11)16)17-13(18)9-10-5-4-8-21-10/h2-8,14H,9H2,1H3,(H,17,18)/t14-/m0/s1. The predicted octanol–water partition coefficient (Wildman–Crippen LogP) is 2.97. The Morgan fingerprint density at radius 1 is 1.29 bits per heavy atom. The second kappa shape index (κ2) is 7.24. The van der Waals surface area contributed by atoms with Crippen molar-refractivity contribution in [2.24, 2.45) is 0 Å². The van der Waals surface area contributed by atoms with Crippen LogP contribution in [0.5, 0.6) is 0 Å². The highest BCUT2D eigenvalue weighted by Crippen LogP contribution is 2.24. The molecular weight excluding hydrogens is 310 g/mol. The van der Waals surface area contributed by atoms with E-state index in [4.69, 9.17) is 16.3 Å². The van der Waals surface area contributed by atoms with Gasteiger partial charge in [-0.25, -0.2) is 4.79 Å². The van der Waals surface area contributed by atoms with Crippen molar-refractivity contribution in [1.82, 2.24) is 5.32 Å². The van der Waals surface area contributed by atoms with Gasteiger partial charge in [0.25, 0.3) is 0 Å². The third kappa shape index (κ3) is 4.06. The van der Waals surface area contributed by atoms with Gasteiger partial charge in [0.05, 0.1) is 13.5 Å². The van der Waals surface area contributed by atoms with Crippen molar-refractivity contribution in [2.45, 2.75) is 12.5 Å². The Kier molecular flexibility index (Phi) is 5.36. The minimum atomic E-state index is -0.906. The highest BCUT2D eigenvalue weighted by molar-refractivity contribution is 7.10. The van der Waals surface area contributed by atoms with Gasteiger partial charge in [0.15, 0.2) is 6.04 Å². The summed E-state index contributed by atoms with van der Waals surface area (Å²) in [4.78, 5) is 24.9. The number of halogens is 1. The molecule has 1 amide bonds. The highest BCUT2D eigenvalue weighted by Gasteiger charge is 2.25. The summed E-state index contributed by atoms with van der Waals surface area (Å²) in [6, 6.07) is 9.70. The van der Waals surface area contributed by atoms with Crippen LogP contribution in [-0.4, -0.2) is 19.0 Å². The van der Waals surface area contributed by atoms with Crippen molar-refractivity contribution in [3.8, 4) is 0 Å². The highest BCUT2D eigenvalue weighted by atomic mass is 35.5. The van der Waals surface area contributed by atoms with E-state index in [1.165, 1.54) is 18.4 Å². The number of hydrogen-bond donors (Lipinski definition) is 1. The zero-order chi connectivity index (χ0) is 15.2. The van der Waals surface area contributed by atoms with E-state index in [1.54, 1.807) is 24.3 Å². The first-order valence-electron chi connectivity index (χ1n) is 6.26. The fourth-order valence-corrected chi connectivity index (χ4v) is 2.82. The number of ether oxygens (including phenoxy) is 1. The Morgan fingerprint density at radius 2 is 2.05 bits per heavy atom. The fourth-order valence-electron chi connectivity index (χ4n) is 1.87. The van der Waals surface area contributed by atoms with Crippen LogP contribution in [0.4, 0.5) is 0 Å². The van der Waals surface area contributed by atoms with E-state index >= 15 is 0 Å². The van der Waals surface area contributed by atoms with Gasteiger partial charge in [-0.3, -0.25) is 4.79 Å². The summed E-state index contributed by atoms with van der Waals surface area (Å²) >= 11 is 7.58. The molecule has 6 heteroatoms. The molecule has 21 heavy (non-hydrogen) atoms. The van der Waals surface area contributed by atoms with Crippen molar-refractivity contribution in [3.63, 3.8) is 0 Å². The van der Waals surface area contributed by atoms with Crippen LogP contribution in [0.15, 0.2) is 41.8 Å². The number of rotatable bonds is 5. The second-order valence-corrected chi connectivity index (χ2v) is 5.74. The Labute approximate surface area is 131 Å². The van der Waals surface area contributed by atoms with Crippen LogP contribution >= 0.6 is 22.9 Å². The lowest BCUT2D eigenvalue weighted by molar-refractivity contribution is -0.145. The average molecular weight is 324 g/mol. The first-order valence-corrected chi connectivity index (χ1v) is 7.51. The minimum absolute atomic E-state index is 0.218. The Bertz CT molecular complexity index is 628. The van der Waals surface area contributed by atoms with Gasteiger partial charge in [0, 0.05) is 15.5 Å². The van der Waals surface area contributed by atoms with Crippen molar-refractivity contribution in [3.05, 3.63) is 57.2 Å². The molecule has 0 bridgehead atoms. The van der Waals surface area contributed by atoms with E-state index in [1.807, 2.05) is 17.5 Å². The van der Waals surface area contributed by atoms with E-state index in [0.29, 0.717) is 10.6 Å². The maximum Gasteiger partial charge on any atom is 0.333 e. The van der Waals surface area contributed by atoms with Gasteiger partial charge >= 0.3 is 5.97 Å². The minimum Gasteiger partial charge on any atom is -0.467 e. The third-order valence-electron chi connectivity index (χ3n) is 2.87. The van der Waals surface area contributed by atoms with Crippen molar-refractivity contribution in [2.75, 3.05) is 7.11 Å². The van der Waals surface area contributed by atoms with Gasteiger partial charge in [-0.1, -0.05) is 35.9 Å². The topological polar surface area (TPSA) is 55.4 Å². The average Bonchev–Trinajstić information content (AvgIpc) is 2.97. The van der Waals surface area contributed by atoms with Crippen LogP contribution < -0.4 is 5.32 Å². The lowest BCUT2D eigenvalue weighted by atomic mass is 10.1. The van der Waals surface area contributed by atoms with E-state index in [2.05, 4.69) is 5.32 Å². The first kappa shape index (κ1) is 15.5. The van der Waals surface area contributed by atoms with Crippen LogP contribution in [0.1, 0.15) is 16.5 Å². The summed E-state index contributed by atoms with van der Waals surface area (Å²) in [6.45, 7) is 0. The smallest absolute Gasteiger partial charge is 0.333 e. The molecule has 4 nitrogen and oxygen atoms in total. The molecule has 110 valence electrons. The van der Waals surface area contributed by atoms with Crippen molar-refractivity contribution >= 4 is 34.8 Å². The lowest BCUT2D eigenvalue weighted by Crippen LogP contribution is -2.35. The molecule has 0 saturated carbocycles. The van der Waals surface area contributed by atoms with E-state index in [0.717, 1.165) is 4.88 Å². The Balaban J connectivity index is 2.16. The summed E-state index contributed by atoms with van der Waals surface area (Å²) in [7, 11) is 1.28. The maximum absolute atomic E-state index is 12.1. The molecule has 1 N–H and O–H groups in total. The number of thiophene rings is 1. The van der Waals surface area contributed by atoms with Crippen LogP contribution in [-0.2, 0) is 20.7 Å². The normalized spacial score (nSPS) is 11.7. The first-order chi connectivity index (χ1) is 10.1. The lowest BCUT2D eigenvalue weighted by Gasteiger charge is -2.17. The number of nitrogens with one attached hydrogen (secondary N) is 1. The quantitative estimate of drug-likeness (QED) is 0.861. The third-order valence-corrected chi connectivity index (χ3v) is 4.09. The number of carbonyl (C=O) groups excluding carboxylic acids is 2. The SMILES string of the molecule is COC(=O)[C@@H](NC(=O)Cc1cccs1)c1ccccc1Cl. The molecule has 1 heterocycles. The predicted molar refractivity (Wildman–Crippen MR) is 82.4 cm³/mol.